The van der Waals surface area contributed by atoms with Crippen LogP contribution in [0.4, 0.5) is 11.4 Å². The first-order valence-electron chi connectivity index (χ1n) is 6.82. The lowest BCUT2D eigenvalue weighted by Gasteiger charge is -2.34. The van der Waals surface area contributed by atoms with Crippen molar-refractivity contribution in [2.24, 2.45) is 5.92 Å². The Morgan fingerprint density at radius 1 is 1.50 bits per heavy atom. The lowest BCUT2D eigenvalue weighted by molar-refractivity contribution is -0.115. The van der Waals surface area contributed by atoms with Gasteiger partial charge in [0.1, 0.15) is 6.42 Å². The Morgan fingerprint density at radius 2 is 2.20 bits per heavy atom. The van der Waals surface area contributed by atoms with Gasteiger partial charge in [-0.3, -0.25) is 4.79 Å². The van der Waals surface area contributed by atoms with Gasteiger partial charge in [0.15, 0.2) is 0 Å². The number of benzene rings is 1. The third-order valence-corrected chi connectivity index (χ3v) is 3.91. The van der Waals surface area contributed by atoms with Gasteiger partial charge >= 0.3 is 0 Å². The highest BCUT2D eigenvalue weighted by Crippen LogP contribution is 2.36. The number of nitrogens with one attached hydrogen (secondary N) is 1. The van der Waals surface area contributed by atoms with E-state index >= 15 is 0 Å². The summed E-state index contributed by atoms with van der Waals surface area (Å²) in [5.41, 5.74) is 1.56. The summed E-state index contributed by atoms with van der Waals surface area (Å²) in [6.45, 7) is 4.12. The summed E-state index contributed by atoms with van der Waals surface area (Å²) in [4.78, 5) is 13.8. The highest BCUT2D eigenvalue weighted by Gasteiger charge is 2.21. The summed E-state index contributed by atoms with van der Waals surface area (Å²) in [6, 6.07) is 7.31. The van der Waals surface area contributed by atoms with Crippen molar-refractivity contribution in [3.05, 3.63) is 23.2 Å². The monoisotopic (exact) mass is 291 g/mol. The van der Waals surface area contributed by atoms with Crippen LogP contribution in [-0.2, 0) is 4.79 Å². The molecule has 20 heavy (non-hydrogen) atoms. The predicted octanol–water partition coefficient (Wildman–Crippen LogP) is 3.43. The van der Waals surface area contributed by atoms with E-state index in [4.69, 9.17) is 16.9 Å². The van der Waals surface area contributed by atoms with Crippen LogP contribution in [-0.4, -0.2) is 19.0 Å². The quantitative estimate of drug-likeness (QED) is 0.928. The molecule has 1 aliphatic rings. The molecule has 5 heteroatoms. The lowest BCUT2D eigenvalue weighted by atomic mass is 9.98. The summed E-state index contributed by atoms with van der Waals surface area (Å²) in [5.74, 6) is 0.423. The molecule has 2 rings (SSSR count). The fourth-order valence-corrected chi connectivity index (χ4v) is 2.73. The zero-order chi connectivity index (χ0) is 14.5. The SMILES string of the molecule is CC1CCN(c2c(Cl)cccc2NC(=O)CC#N)CC1. The number of hydrogen-bond donors (Lipinski definition) is 1. The zero-order valence-corrected chi connectivity index (χ0v) is 12.3. The predicted molar refractivity (Wildman–Crippen MR) is 80.9 cm³/mol. The van der Waals surface area contributed by atoms with Crippen LogP contribution in [0.5, 0.6) is 0 Å². The first kappa shape index (κ1) is 14.7. The minimum Gasteiger partial charge on any atom is -0.369 e. The molecular weight excluding hydrogens is 274 g/mol. The minimum absolute atomic E-state index is 0.150. The molecule has 0 spiro atoms. The number of carbonyl (C=O) groups excluding carboxylic acids is 1. The van der Waals surface area contributed by atoms with Gasteiger partial charge in [-0.15, -0.1) is 0 Å². The summed E-state index contributed by atoms with van der Waals surface area (Å²) in [5, 5.41) is 12.0. The summed E-state index contributed by atoms with van der Waals surface area (Å²) >= 11 is 6.30. The minimum atomic E-state index is -0.304. The number of amides is 1. The molecule has 1 aromatic carbocycles. The van der Waals surface area contributed by atoms with Crippen molar-refractivity contribution in [2.75, 3.05) is 23.3 Å². The van der Waals surface area contributed by atoms with Gasteiger partial charge in [0, 0.05) is 13.1 Å². The normalized spacial score (nSPS) is 15.8. The van der Waals surface area contributed by atoms with Crippen LogP contribution in [0.2, 0.25) is 5.02 Å². The summed E-state index contributed by atoms with van der Waals surface area (Å²) < 4.78 is 0. The fraction of sp³-hybridized carbons (Fsp3) is 0.467. The molecule has 0 atom stereocenters. The van der Waals surface area contributed by atoms with Crippen LogP contribution in [0.25, 0.3) is 0 Å². The first-order chi connectivity index (χ1) is 9.61. The maximum Gasteiger partial charge on any atom is 0.238 e. The van der Waals surface area contributed by atoms with Gasteiger partial charge in [-0.1, -0.05) is 24.6 Å². The average Bonchev–Trinajstić information content (AvgIpc) is 2.41. The number of rotatable bonds is 3. The smallest absolute Gasteiger partial charge is 0.238 e. The average molecular weight is 292 g/mol. The van der Waals surface area contributed by atoms with Crippen molar-refractivity contribution in [1.29, 1.82) is 5.26 Å². The van der Waals surface area contributed by atoms with E-state index in [1.165, 1.54) is 0 Å². The molecule has 4 nitrogen and oxygen atoms in total. The number of nitriles is 1. The van der Waals surface area contributed by atoms with E-state index in [1.807, 2.05) is 18.2 Å². The van der Waals surface area contributed by atoms with Crippen molar-refractivity contribution < 1.29 is 4.79 Å². The topological polar surface area (TPSA) is 56.1 Å². The third-order valence-electron chi connectivity index (χ3n) is 3.60. The maximum atomic E-state index is 11.6. The Hall–Kier alpha value is -1.73. The molecule has 0 aliphatic carbocycles. The van der Waals surface area contributed by atoms with Gasteiger partial charge < -0.3 is 10.2 Å². The zero-order valence-electron chi connectivity index (χ0n) is 11.5. The number of carbonyl (C=O) groups is 1. The number of halogens is 1. The van der Waals surface area contributed by atoms with Crippen molar-refractivity contribution in [2.45, 2.75) is 26.2 Å². The van der Waals surface area contributed by atoms with Gasteiger partial charge in [0.05, 0.1) is 22.5 Å². The maximum absolute atomic E-state index is 11.6. The van der Waals surface area contributed by atoms with Gasteiger partial charge in [-0.25, -0.2) is 0 Å². The van der Waals surface area contributed by atoms with E-state index in [2.05, 4.69) is 17.1 Å². The number of anilines is 2. The van der Waals surface area contributed by atoms with Gasteiger partial charge in [0.25, 0.3) is 0 Å². The molecule has 0 aromatic heterocycles. The van der Waals surface area contributed by atoms with Crippen molar-refractivity contribution in [1.82, 2.24) is 0 Å². The molecule has 1 fully saturated rings. The summed E-state index contributed by atoms with van der Waals surface area (Å²) in [6.07, 6.45) is 2.09. The second-order valence-corrected chi connectivity index (χ2v) is 5.60. The van der Waals surface area contributed by atoms with Gasteiger partial charge in [0.2, 0.25) is 5.91 Å². The molecule has 0 radical (unpaired) electrons. The van der Waals surface area contributed by atoms with Crippen LogP contribution < -0.4 is 10.2 Å². The molecule has 1 saturated heterocycles. The van der Waals surface area contributed by atoms with Crippen molar-refractivity contribution in [3.63, 3.8) is 0 Å². The van der Waals surface area contributed by atoms with E-state index in [0.29, 0.717) is 10.7 Å². The molecule has 0 bridgehead atoms. The number of para-hydroxylation sites is 1. The largest absolute Gasteiger partial charge is 0.369 e. The van der Waals surface area contributed by atoms with Crippen LogP contribution in [0.15, 0.2) is 18.2 Å². The van der Waals surface area contributed by atoms with E-state index in [0.717, 1.165) is 37.5 Å². The first-order valence-corrected chi connectivity index (χ1v) is 7.20. The molecule has 1 aromatic rings. The van der Waals surface area contributed by atoms with E-state index in [-0.39, 0.29) is 12.3 Å². The van der Waals surface area contributed by atoms with Gasteiger partial charge in [-0.05, 0) is 30.9 Å². The molecule has 0 unspecified atom stereocenters. The Balaban J connectivity index is 2.22. The Bertz CT molecular complexity index is 530. The number of hydrogen-bond acceptors (Lipinski definition) is 3. The molecular formula is C15H18ClN3O. The molecule has 1 heterocycles. The Morgan fingerprint density at radius 3 is 2.85 bits per heavy atom. The summed E-state index contributed by atoms with van der Waals surface area (Å²) in [7, 11) is 0. The molecule has 106 valence electrons. The highest BCUT2D eigenvalue weighted by atomic mass is 35.5. The van der Waals surface area contributed by atoms with E-state index < -0.39 is 0 Å². The van der Waals surface area contributed by atoms with Crippen molar-refractivity contribution in [3.8, 4) is 6.07 Å². The number of nitrogens with zero attached hydrogens (tertiary/aromatic N) is 2. The molecule has 1 amide bonds. The van der Waals surface area contributed by atoms with Crippen molar-refractivity contribution >= 4 is 28.9 Å². The highest BCUT2D eigenvalue weighted by molar-refractivity contribution is 6.34. The lowest BCUT2D eigenvalue weighted by Crippen LogP contribution is -2.33. The molecule has 0 saturated carbocycles. The third kappa shape index (κ3) is 3.43. The van der Waals surface area contributed by atoms with Crippen LogP contribution in [0.1, 0.15) is 26.2 Å². The van der Waals surface area contributed by atoms with Crippen LogP contribution >= 0.6 is 11.6 Å². The standard InChI is InChI=1S/C15H18ClN3O/c1-11-6-9-19(10-7-11)15-12(16)3-2-4-13(15)18-14(20)5-8-17/h2-4,11H,5-7,9-10H2,1H3,(H,18,20). The van der Waals surface area contributed by atoms with E-state index in [1.54, 1.807) is 6.07 Å². The van der Waals surface area contributed by atoms with Gasteiger partial charge in [-0.2, -0.15) is 5.26 Å². The van der Waals surface area contributed by atoms with E-state index in [9.17, 15) is 4.79 Å². The Labute approximate surface area is 124 Å². The Kier molecular flexibility index (Phi) is 4.86. The fourth-order valence-electron chi connectivity index (χ4n) is 2.44. The van der Waals surface area contributed by atoms with Crippen LogP contribution in [0.3, 0.4) is 0 Å². The second-order valence-electron chi connectivity index (χ2n) is 5.19. The molecule has 1 N–H and O–H groups in total. The second kappa shape index (κ2) is 6.62. The van der Waals surface area contributed by atoms with Crippen LogP contribution in [0, 0.1) is 17.2 Å². The number of piperidine rings is 1. The molecule has 1 aliphatic heterocycles.